The van der Waals surface area contributed by atoms with Crippen LogP contribution >= 0.6 is 11.6 Å². The van der Waals surface area contributed by atoms with Gasteiger partial charge in [-0.15, -0.1) is 0 Å². The van der Waals surface area contributed by atoms with Crippen molar-refractivity contribution in [3.8, 4) is 11.3 Å². The Hall–Kier alpha value is -2.51. The molecular weight excluding hydrogens is 388 g/mol. The van der Waals surface area contributed by atoms with E-state index < -0.39 is 5.92 Å². The number of pyridine rings is 1. The van der Waals surface area contributed by atoms with Crippen molar-refractivity contribution in [1.82, 2.24) is 9.88 Å². The Morgan fingerprint density at radius 2 is 2.04 bits per heavy atom. The molecule has 0 saturated carbocycles. The fourth-order valence-corrected chi connectivity index (χ4v) is 3.63. The first kappa shape index (κ1) is 18.8. The van der Waals surface area contributed by atoms with Crippen LogP contribution in [-0.2, 0) is 6.54 Å². The van der Waals surface area contributed by atoms with Gasteiger partial charge in [0.25, 0.3) is 11.8 Å². The zero-order chi connectivity index (χ0) is 19.9. The first-order valence-corrected chi connectivity index (χ1v) is 9.29. The molecule has 1 amide bonds. The highest BCUT2D eigenvalue weighted by molar-refractivity contribution is 6.35. The topological polar surface area (TPSA) is 72.4 Å². The van der Waals surface area contributed by atoms with Gasteiger partial charge >= 0.3 is 0 Å². The lowest BCUT2D eigenvalue weighted by molar-refractivity contribution is -0.0494. The summed E-state index contributed by atoms with van der Waals surface area (Å²) in [7, 11) is 0. The third-order valence-electron chi connectivity index (χ3n) is 5.02. The van der Waals surface area contributed by atoms with Crippen molar-refractivity contribution in [2.45, 2.75) is 25.3 Å². The lowest BCUT2D eigenvalue weighted by atomic mass is 10.0. The summed E-state index contributed by atoms with van der Waals surface area (Å²) in [6.07, 6.45) is 2.42. The number of likely N-dealkylation sites (tertiary alicyclic amines) is 1. The summed E-state index contributed by atoms with van der Waals surface area (Å²) in [6, 6.07) is 6.99. The summed E-state index contributed by atoms with van der Waals surface area (Å²) in [5.74, 6) is -2.98. The van der Waals surface area contributed by atoms with Gasteiger partial charge in [0, 0.05) is 55.2 Å². The van der Waals surface area contributed by atoms with Gasteiger partial charge in [0.2, 0.25) is 0 Å². The van der Waals surface area contributed by atoms with E-state index >= 15 is 0 Å². The van der Waals surface area contributed by atoms with Crippen LogP contribution < -0.4 is 5.73 Å². The van der Waals surface area contributed by atoms with Gasteiger partial charge in [-0.25, -0.2) is 8.78 Å². The second-order valence-electron chi connectivity index (χ2n) is 6.88. The molecule has 1 fully saturated rings. The summed E-state index contributed by atoms with van der Waals surface area (Å²) >= 11 is 6.30. The minimum atomic E-state index is -2.69. The average molecular weight is 406 g/mol. The minimum absolute atomic E-state index is 0.0439. The molecule has 8 heteroatoms. The van der Waals surface area contributed by atoms with Crippen molar-refractivity contribution in [2.24, 2.45) is 5.73 Å². The van der Waals surface area contributed by atoms with Crippen LogP contribution in [0.5, 0.6) is 0 Å². The summed E-state index contributed by atoms with van der Waals surface area (Å²) < 4.78 is 32.0. The third kappa shape index (κ3) is 3.47. The second-order valence-corrected chi connectivity index (χ2v) is 7.29. The maximum absolute atomic E-state index is 13.3. The molecule has 0 unspecified atom stereocenters. The molecule has 2 aromatic heterocycles. The summed E-state index contributed by atoms with van der Waals surface area (Å²) in [6.45, 7) is 0.410. The van der Waals surface area contributed by atoms with E-state index in [1.807, 2.05) is 6.07 Å². The highest BCUT2D eigenvalue weighted by Crippen LogP contribution is 2.33. The van der Waals surface area contributed by atoms with Gasteiger partial charge in [0.1, 0.15) is 0 Å². The lowest BCUT2D eigenvalue weighted by Crippen LogP contribution is -2.42. The number of furan rings is 1. The fourth-order valence-electron chi connectivity index (χ4n) is 3.36. The van der Waals surface area contributed by atoms with Gasteiger partial charge in [-0.1, -0.05) is 11.6 Å². The number of alkyl halides is 2. The quantitative estimate of drug-likeness (QED) is 0.697. The average Bonchev–Trinajstić information content (AvgIpc) is 3.11. The number of carbonyl (C=O) groups is 1. The Morgan fingerprint density at radius 1 is 1.29 bits per heavy atom. The van der Waals surface area contributed by atoms with E-state index in [-0.39, 0.29) is 31.8 Å². The summed E-state index contributed by atoms with van der Waals surface area (Å²) in [4.78, 5) is 18.3. The van der Waals surface area contributed by atoms with Crippen LogP contribution in [0.4, 0.5) is 8.78 Å². The highest BCUT2D eigenvalue weighted by Gasteiger charge is 2.35. The molecule has 146 valence electrons. The van der Waals surface area contributed by atoms with E-state index in [9.17, 15) is 13.6 Å². The second kappa shape index (κ2) is 7.14. The van der Waals surface area contributed by atoms with Gasteiger partial charge in [-0.2, -0.15) is 0 Å². The van der Waals surface area contributed by atoms with E-state index in [2.05, 4.69) is 4.98 Å². The van der Waals surface area contributed by atoms with Crippen molar-refractivity contribution in [1.29, 1.82) is 0 Å². The molecule has 0 aliphatic carbocycles. The van der Waals surface area contributed by atoms with Crippen molar-refractivity contribution < 1.29 is 18.0 Å². The summed E-state index contributed by atoms with van der Waals surface area (Å²) in [5.41, 5.74) is 8.91. The Balaban J connectivity index is 1.58. The normalized spacial score (nSPS) is 16.5. The smallest absolute Gasteiger partial charge is 0.255 e. The van der Waals surface area contributed by atoms with Crippen LogP contribution in [-0.4, -0.2) is 34.8 Å². The number of hydrogen-bond donors (Lipinski definition) is 1. The van der Waals surface area contributed by atoms with Crippen LogP contribution in [0.15, 0.2) is 41.1 Å². The number of aromatic nitrogens is 1. The van der Waals surface area contributed by atoms with Gasteiger partial charge in [0.15, 0.2) is 5.58 Å². The Bertz CT molecular complexity index is 1020. The van der Waals surface area contributed by atoms with Crippen LogP contribution in [0.2, 0.25) is 5.02 Å². The molecule has 1 saturated heterocycles. The van der Waals surface area contributed by atoms with E-state index in [4.69, 9.17) is 21.8 Å². The standard InChI is InChI=1S/C20H18ClF2N3O2/c21-16-8-13(7-15-14(9-24)11-28-18(15)16)17-2-1-12(10-25-17)19(27)26-5-3-20(22,23)4-6-26/h1-2,7-8,10-11H,3-6,9,24H2. The molecule has 1 aliphatic heterocycles. The molecule has 2 N–H and O–H groups in total. The predicted octanol–water partition coefficient (Wildman–Crippen LogP) is 4.48. The molecule has 1 aromatic carbocycles. The van der Waals surface area contributed by atoms with Crippen LogP contribution in [0.25, 0.3) is 22.2 Å². The van der Waals surface area contributed by atoms with Gasteiger partial charge in [0.05, 0.1) is 22.5 Å². The molecule has 28 heavy (non-hydrogen) atoms. The zero-order valence-corrected chi connectivity index (χ0v) is 15.7. The highest BCUT2D eigenvalue weighted by atomic mass is 35.5. The molecule has 3 aromatic rings. The number of piperidine rings is 1. The number of nitrogens with zero attached hydrogens (tertiary/aromatic N) is 2. The number of benzene rings is 1. The van der Waals surface area contributed by atoms with Crippen molar-refractivity contribution in [3.05, 3.63) is 52.9 Å². The SMILES string of the molecule is NCc1coc2c(Cl)cc(-c3ccc(C(=O)N4CCC(F)(F)CC4)cn3)cc12. The number of hydrogen-bond acceptors (Lipinski definition) is 4. The number of carbonyl (C=O) groups excluding carboxylic acids is 1. The molecule has 4 rings (SSSR count). The predicted molar refractivity (Wildman–Crippen MR) is 102 cm³/mol. The van der Waals surface area contributed by atoms with Gasteiger partial charge in [-0.05, 0) is 24.3 Å². The minimum Gasteiger partial charge on any atom is -0.462 e. The molecule has 5 nitrogen and oxygen atoms in total. The van der Waals surface area contributed by atoms with Crippen molar-refractivity contribution >= 4 is 28.5 Å². The third-order valence-corrected chi connectivity index (χ3v) is 5.30. The number of fused-ring (bicyclic) bond motifs is 1. The number of amides is 1. The summed E-state index contributed by atoms with van der Waals surface area (Å²) in [5, 5.41) is 1.27. The lowest BCUT2D eigenvalue weighted by Gasteiger charge is -2.31. The molecular formula is C20H18ClF2N3O2. The van der Waals surface area contributed by atoms with E-state index in [0.29, 0.717) is 28.4 Å². The van der Waals surface area contributed by atoms with Crippen LogP contribution in [0.3, 0.4) is 0 Å². The number of halogens is 3. The molecule has 0 bridgehead atoms. The first-order valence-electron chi connectivity index (χ1n) is 8.91. The Kier molecular flexibility index (Phi) is 4.81. The van der Waals surface area contributed by atoms with Crippen LogP contribution in [0, 0.1) is 0 Å². The zero-order valence-electron chi connectivity index (χ0n) is 14.9. The Labute approximate surface area is 165 Å². The monoisotopic (exact) mass is 405 g/mol. The van der Waals surface area contributed by atoms with E-state index in [0.717, 1.165) is 16.5 Å². The van der Waals surface area contributed by atoms with E-state index in [1.165, 1.54) is 11.1 Å². The van der Waals surface area contributed by atoms with Crippen molar-refractivity contribution in [3.63, 3.8) is 0 Å². The molecule has 1 aliphatic rings. The van der Waals surface area contributed by atoms with Gasteiger partial charge in [-0.3, -0.25) is 9.78 Å². The molecule has 0 atom stereocenters. The largest absolute Gasteiger partial charge is 0.462 e. The van der Waals surface area contributed by atoms with Gasteiger partial charge < -0.3 is 15.1 Å². The number of nitrogens with two attached hydrogens (primary N) is 1. The molecule has 0 spiro atoms. The van der Waals surface area contributed by atoms with E-state index in [1.54, 1.807) is 24.5 Å². The fraction of sp³-hybridized carbons (Fsp3) is 0.300. The first-order chi connectivity index (χ1) is 13.4. The Morgan fingerprint density at radius 3 is 2.68 bits per heavy atom. The van der Waals surface area contributed by atoms with Crippen LogP contribution in [0.1, 0.15) is 28.8 Å². The maximum atomic E-state index is 13.3. The molecule has 0 radical (unpaired) electrons. The molecule has 3 heterocycles. The maximum Gasteiger partial charge on any atom is 0.255 e. The van der Waals surface area contributed by atoms with Crippen molar-refractivity contribution in [2.75, 3.05) is 13.1 Å². The number of rotatable bonds is 3.